The summed E-state index contributed by atoms with van der Waals surface area (Å²) in [6.07, 6.45) is 1.76. The summed E-state index contributed by atoms with van der Waals surface area (Å²) in [7, 11) is 0. The average Bonchev–Trinajstić information content (AvgIpc) is 2.65. The SMILES string of the molecule is CCN(CC)c1ccc(Nc2nccc(Nc3cccc(C)c3)n2)c(C)c1. The fourth-order valence-electron chi connectivity index (χ4n) is 3.05. The van der Waals surface area contributed by atoms with Gasteiger partial charge in [0.15, 0.2) is 0 Å². The van der Waals surface area contributed by atoms with E-state index in [-0.39, 0.29) is 0 Å². The molecule has 3 aromatic rings. The molecule has 1 aromatic heterocycles. The van der Waals surface area contributed by atoms with Gasteiger partial charge in [0.25, 0.3) is 0 Å². The van der Waals surface area contributed by atoms with Crippen molar-refractivity contribution in [2.75, 3.05) is 28.6 Å². The normalized spacial score (nSPS) is 10.5. The van der Waals surface area contributed by atoms with Gasteiger partial charge in [0.1, 0.15) is 5.82 Å². The number of anilines is 5. The molecule has 27 heavy (non-hydrogen) atoms. The Bertz CT molecular complexity index is 903. The Morgan fingerprint density at radius 3 is 2.44 bits per heavy atom. The lowest BCUT2D eigenvalue weighted by molar-refractivity contribution is 0.866. The van der Waals surface area contributed by atoms with E-state index < -0.39 is 0 Å². The second kappa shape index (κ2) is 8.54. The maximum absolute atomic E-state index is 4.58. The van der Waals surface area contributed by atoms with Gasteiger partial charge < -0.3 is 15.5 Å². The van der Waals surface area contributed by atoms with Crippen LogP contribution in [0.3, 0.4) is 0 Å². The molecule has 1 heterocycles. The Labute approximate surface area is 161 Å². The highest BCUT2D eigenvalue weighted by molar-refractivity contribution is 5.65. The fourth-order valence-corrected chi connectivity index (χ4v) is 3.05. The molecule has 0 aliphatic carbocycles. The molecule has 0 aliphatic heterocycles. The fraction of sp³-hybridized carbons (Fsp3) is 0.273. The number of nitrogens with one attached hydrogen (secondary N) is 2. The van der Waals surface area contributed by atoms with Crippen molar-refractivity contribution < 1.29 is 0 Å². The Kier molecular flexibility index (Phi) is 5.91. The standard InChI is InChI=1S/C22H27N5/c1-5-27(6-2)19-10-11-20(17(4)15-19)25-22-23-13-12-21(26-22)24-18-9-7-8-16(3)14-18/h7-15H,5-6H2,1-4H3,(H2,23,24,25,26). The summed E-state index contributed by atoms with van der Waals surface area (Å²) in [6.45, 7) is 10.5. The second-order valence-electron chi connectivity index (χ2n) is 6.56. The third-order valence-electron chi connectivity index (χ3n) is 4.53. The molecule has 0 amide bonds. The van der Waals surface area contributed by atoms with Crippen LogP contribution in [0.25, 0.3) is 0 Å². The molecule has 5 nitrogen and oxygen atoms in total. The first-order valence-corrected chi connectivity index (χ1v) is 9.38. The van der Waals surface area contributed by atoms with E-state index in [0.717, 1.165) is 30.3 Å². The molecule has 0 fully saturated rings. The second-order valence-corrected chi connectivity index (χ2v) is 6.56. The Balaban J connectivity index is 1.76. The molecule has 0 aliphatic rings. The quantitative estimate of drug-likeness (QED) is 0.588. The molecule has 3 rings (SSSR count). The van der Waals surface area contributed by atoms with E-state index >= 15 is 0 Å². The highest BCUT2D eigenvalue weighted by atomic mass is 15.1. The van der Waals surface area contributed by atoms with Gasteiger partial charge in [-0.05, 0) is 75.2 Å². The molecule has 0 radical (unpaired) electrons. The molecule has 0 saturated carbocycles. The summed E-state index contributed by atoms with van der Waals surface area (Å²) in [6, 6.07) is 16.5. The van der Waals surface area contributed by atoms with E-state index in [1.54, 1.807) is 6.20 Å². The van der Waals surface area contributed by atoms with Gasteiger partial charge in [-0.2, -0.15) is 4.98 Å². The molecule has 140 valence electrons. The maximum Gasteiger partial charge on any atom is 0.229 e. The lowest BCUT2D eigenvalue weighted by Crippen LogP contribution is -2.21. The lowest BCUT2D eigenvalue weighted by Gasteiger charge is -2.22. The molecule has 0 atom stereocenters. The molecule has 5 heteroatoms. The number of aromatic nitrogens is 2. The van der Waals surface area contributed by atoms with E-state index in [1.165, 1.54) is 16.8 Å². The van der Waals surface area contributed by atoms with Crippen molar-refractivity contribution in [1.29, 1.82) is 0 Å². The first-order chi connectivity index (χ1) is 13.1. The largest absolute Gasteiger partial charge is 0.372 e. The third-order valence-corrected chi connectivity index (χ3v) is 4.53. The minimum Gasteiger partial charge on any atom is -0.372 e. The summed E-state index contributed by atoms with van der Waals surface area (Å²) in [4.78, 5) is 11.3. The zero-order chi connectivity index (χ0) is 19.2. The van der Waals surface area contributed by atoms with Crippen molar-refractivity contribution in [1.82, 2.24) is 9.97 Å². The van der Waals surface area contributed by atoms with E-state index in [2.05, 4.69) is 83.5 Å². The number of hydrogen-bond donors (Lipinski definition) is 2. The van der Waals surface area contributed by atoms with Crippen LogP contribution < -0.4 is 15.5 Å². The van der Waals surface area contributed by atoms with Crippen LogP contribution in [0.4, 0.5) is 28.8 Å². The van der Waals surface area contributed by atoms with Crippen LogP contribution in [0.1, 0.15) is 25.0 Å². The van der Waals surface area contributed by atoms with Gasteiger partial charge in [-0.3, -0.25) is 0 Å². The van der Waals surface area contributed by atoms with Crippen LogP contribution in [-0.2, 0) is 0 Å². The minimum absolute atomic E-state index is 0.575. The van der Waals surface area contributed by atoms with Crippen molar-refractivity contribution >= 4 is 28.8 Å². The zero-order valence-electron chi connectivity index (χ0n) is 16.5. The van der Waals surface area contributed by atoms with Gasteiger partial charge in [0.2, 0.25) is 5.95 Å². The molecular weight excluding hydrogens is 334 g/mol. The predicted molar refractivity (Wildman–Crippen MR) is 115 cm³/mol. The number of rotatable bonds is 7. The predicted octanol–water partition coefficient (Wildman–Crippen LogP) is 5.43. The monoisotopic (exact) mass is 361 g/mol. The molecule has 2 N–H and O–H groups in total. The van der Waals surface area contributed by atoms with Gasteiger partial charge >= 0.3 is 0 Å². The van der Waals surface area contributed by atoms with Crippen molar-refractivity contribution in [2.24, 2.45) is 0 Å². The lowest BCUT2D eigenvalue weighted by atomic mass is 10.1. The van der Waals surface area contributed by atoms with Gasteiger partial charge in [-0.15, -0.1) is 0 Å². The first kappa shape index (κ1) is 18.7. The van der Waals surface area contributed by atoms with Crippen molar-refractivity contribution in [2.45, 2.75) is 27.7 Å². The average molecular weight is 361 g/mol. The van der Waals surface area contributed by atoms with E-state index in [9.17, 15) is 0 Å². The summed E-state index contributed by atoms with van der Waals surface area (Å²) in [5, 5.41) is 6.66. The number of benzene rings is 2. The first-order valence-electron chi connectivity index (χ1n) is 9.38. The summed E-state index contributed by atoms with van der Waals surface area (Å²) < 4.78 is 0. The van der Waals surface area contributed by atoms with Gasteiger partial charge in [-0.1, -0.05) is 12.1 Å². The molecule has 0 spiro atoms. The molecule has 0 bridgehead atoms. The maximum atomic E-state index is 4.58. The summed E-state index contributed by atoms with van der Waals surface area (Å²) >= 11 is 0. The topological polar surface area (TPSA) is 53.1 Å². The number of hydrogen-bond acceptors (Lipinski definition) is 5. The number of aryl methyl sites for hydroxylation is 2. The molecule has 0 saturated heterocycles. The minimum atomic E-state index is 0.575. The van der Waals surface area contributed by atoms with Crippen LogP contribution in [0.2, 0.25) is 0 Å². The Morgan fingerprint density at radius 2 is 1.74 bits per heavy atom. The van der Waals surface area contributed by atoms with Crippen LogP contribution in [0.5, 0.6) is 0 Å². The zero-order valence-corrected chi connectivity index (χ0v) is 16.5. The highest BCUT2D eigenvalue weighted by Crippen LogP contribution is 2.25. The molecule has 0 unspecified atom stereocenters. The van der Waals surface area contributed by atoms with Gasteiger partial charge in [-0.25, -0.2) is 4.98 Å². The highest BCUT2D eigenvalue weighted by Gasteiger charge is 2.07. The van der Waals surface area contributed by atoms with Gasteiger partial charge in [0.05, 0.1) is 0 Å². The van der Waals surface area contributed by atoms with Crippen LogP contribution in [-0.4, -0.2) is 23.1 Å². The van der Waals surface area contributed by atoms with E-state index in [4.69, 9.17) is 0 Å². The van der Waals surface area contributed by atoms with Crippen LogP contribution in [0.15, 0.2) is 54.7 Å². The summed E-state index contributed by atoms with van der Waals surface area (Å²) in [5.74, 6) is 1.34. The third kappa shape index (κ3) is 4.76. The van der Waals surface area contributed by atoms with Crippen molar-refractivity contribution in [3.8, 4) is 0 Å². The van der Waals surface area contributed by atoms with E-state index in [1.807, 2.05) is 18.2 Å². The smallest absolute Gasteiger partial charge is 0.229 e. The molecule has 2 aromatic carbocycles. The van der Waals surface area contributed by atoms with Crippen LogP contribution >= 0.6 is 0 Å². The number of nitrogens with zero attached hydrogens (tertiary/aromatic N) is 3. The molecular formula is C22H27N5. The summed E-state index contributed by atoms with van der Waals surface area (Å²) in [5.41, 5.74) is 5.63. The van der Waals surface area contributed by atoms with Crippen LogP contribution in [0, 0.1) is 13.8 Å². The Hall–Kier alpha value is -3.08. The van der Waals surface area contributed by atoms with Crippen molar-refractivity contribution in [3.05, 3.63) is 65.9 Å². The Morgan fingerprint density at radius 1 is 0.926 bits per heavy atom. The van der Waals surface area contributed by atoms with Gasteiger partial charge in [0, 0.05) is 36.3 Å². The van der Waals surface area contributed by atoms with E-state index in [0.29, 0.717) is 5.95 Å². The van der Waals surface area contributed by atoms with Crippen molar-refractivity contribution in [3.63, 3.8) is 0 Å².